The number of phenolic OH excluding ortho intramolecular Hbond substituents is 1. The molecule has 0 fully saturated rings. The first-order valence-electron chi connectivity index (χ1n) is 9.43. The van der Waals surface area contributed by atoms with Gasteiger partial charge in [0.2, 0.25) is 5.76 Å². The number of halogens is 1. The van der Waals surface area contributed by atoms with Gasteiger partial charge in [-0.05, 0) is 47.5 Å². The highest BCUT2D eigenvalue weighted by Crippen LogP contribution is 2.39. The number of carbonyl (C=O) groups excluding carboxylic acids is 1. The molecule has 0 saturated carbocycles. The minimum atomic E-state index is -0.621. The lowest BCUT2D eigenvalue weighted by Gasteiger charge is -2.25. The Morgan fingerprint density at radius 2 is 1.63 bits per heavy atom. The Morgan fingerprint density at radius 1 is 0.933 bits per heavy atom. The Hall–Kier alpha value is -3.57. The van der Waals surface area contributed by atoms with Crippen molar-refractivity contribution >= 4 is 28.5 Å². The van der Waals surface area contributed by atoms with Gasteiger partial charge in [0.1, 0.15) is 11.3 Å². The molecule has 1 aliphatic heterocycles. The van der Waals surface area contributed by atoms with Crippen LogP contribution in [0, 0.1) is 0 Å². The van der Waals surface area contributed by atoms with Gasteiger partial charge in [0, 0.05) is 11.6 Å². The van der Waals surface area contributed by atoms with Crippen LogP contribution in [0.15, 0.2) is 82.0 Å². The van der Waals surface area contributed by atoms with E-state index in [1.54, 1.807) is 65.6 Å². The monoisotopic (exact) mass is 417 g/mol. The zero-order valence-electron chi connectivity index (χ0n) is 15.7. The van der Waals surface area contributed by atoms with Crippen LogP contribution in [0.2, 0.25) is 5.02 Å². The number of aromatic hydroxyl groups is 1. The van der Waals surface area contributed by atoms with Crippen LogP contribution in [0.4, 0.5) is 0 Å². The molecule has 5 nitrogen and oxygen atoms in total. The van der Waals surface area contributed by atoms with E-state index in [2.05, 4.69) is 0 Å². The average Bonchev–Trinajstić information content (AvgIpc) is 3.03. The topological polar surface area (TPSA) is 70.8 Å². The molecule has 30 heavy (non-hydrogen) atoms. The quantitative estimate of drug-likeness (QED) is 0.514. The van der Waals surface area contributed by atoms with Crippen LogP contribution in [0.25, 0.3) is 11.0 Å². The summed E-state index contributed by atoms with van der Waals surface area (Å²) < 4.78 is 5.90. The van der Waals surface area contributed by atoms with E-state index in [1.165, 1.54) is 0 Å². The molecule has 1 amide bonds. The van der Waals surface area contributed by atoms with E-state index in [1.807, 2.05) is 12.1 Å². The number of rotatable bonds is 3. The Kier molecular flexibility index (Phi) is 4.33. The second-order valence-electron chi connectivity index (χ2n) is 7.22. The summed E-state index contributed by atoms with van der Waals surface area (Å²) in [4.78, 5) is 28.3. The Labute approximate surface area is 176 Å². The lowest BCUT2D eigenvalue weighted by Crippen LogP contribution is -2.29. The number of carbonyl (C=O) groups is 1. The van der Waals surface area contributed by atoms with Crippen molar-refractivity contribution in [2.45, 2.75) is 12.6 Å². The van der Waals surface area contributed by atoms with Gasteiger partial charge in [0.05, 0.1) is 17.0 Å². The van der Waals surface area contributed by atoms with Crippen molar-refractivity contribution in [3.05, 3.63) is 110 Å². The predicted octanol–water partition coefficient (Wildman–Crippen LogP) is 4.90. The van der Waals surface area contributed by atoms with Gasteiger partial charge in [0.15, 0.2) is 5.43 Å². The molecule has 1 atom stereocenters. The van der Waals surface area contributed by atoms with E-state index >= 15 is 0 Å². The van der Waals surface area contributed by atoms with Crippen molar-refractivity contribution in [1.29, 1.82) is 0 Å². The summed E-state index contributed by atoms with van der Waals surface area (Å²) in [6.45, 7) is 0.279. The van der Waals surface area contributed by atoms with E-state index in [0.717, 1.165) is 11.1 Å². The van der Waals surface area contributed by atoms with Crippen LogP contribution in [-0.2, 0) is 6.54 Å². The molecule has 0 spiro atoms. The number of nitrogens with zero attached hydrogens (tertiary/aromatic N) is 1. The van der Waals surface area contributed by atoms with Crippen molar-refractivity contribution in [3.8, 4) is 5.75 Å². The van der Waals surface area contributed by atoms with Crippen LogP contribution in [-0.4, -0.2) is 15.9 Å². The molecule has 2 heterocycles. The second kappa shape index (κ2) is 7.04. The summed E-state index contributed by atoms with van der Waals surface area (Å²) in [5.74, 6) is -0.176. The largest absolute Gasteiger partial charge is 0.508 e. The highest BCUT2D eigenvalue weighted by Gasteiger charge is 2.42. The Bertz CT molecular complexity index is 1330. The molecule has 1 N–H and O–H groups in total. The molecule has 0 radical (unpaired) electrons. The van der Waals surface area contributed by atoms with Gasteiger partial charge in [-0.2, -0.15) is 0 Å². The first kappa shape index (κ1) is 18.5. The van der Waals surface area contributed by atoms with Gasteiger partial charge < -0.3 is 14.4 Å². The van der Waals surface area contributed by atoms with Crippen LogP contribution < -0.4 is 5.43 Å². The number of benzene rings is 3. The summed E-state index contributed by atoms with van der Waals surface area (Å²) in [6, 6.07) is 20.0. The van der Waals surface area contributed by atoms with Crippen molar-refractivity contribution in [3.63, 3.8) is 0 Å². The smallest absolute Gasteiger partial charge is 0.291 e. The molecule has 1 aromatic heterocycles. The number of phenols is 1. The number of para-hydroxylation sites is 1. The van der Waals surface area contributed by atoms with Crippen molar-refractivity contribution < 1.29 is 14.3 Å². The van der Waals surface area contributed by atoms with E-state index in [4.69, 9.17) is 16.0 Å². The van der Waals surface area contributed by atoms with Gasteiger partial charge in [-0.1, -0.05) is 48.0 Å². The van der Waals surface area contributed by atoms with E-state index in [-0.39, 0.29) is 29.4 Å². The molecule has 1 unspecified atom stereocenters. The zero-order chi connectivity index (χ0) is 20.8. The number of hydrogen-bond donors (Lipinski definition) is 1. The maximum absolute atomic E-state index is 13.4. The average molecular weight is 418 g/mol. The molecule has 6 heteroatoms. The third kappa shape index (κ3) is 2.95. The molecule has 0 bridgehead atoms. The highest BCUT2D eigenvalue weighted by atomic mass is 35.5. The molecular weight excluding hydrogens is 402 g/mol. The van der Waals surface area contributed by atoms with E-state index < -0.39 is 6.04 Å². The lowest BCUT2D eigenvalue weighted by molar-refractivity contribution is 0.0714. The standard InChI is InChI=1S/C24H16ClNO4/c25-16-9-5-14(6-10-16)13-26-21(15-7-11-17(27)12-8-15)20-22(28)18-3-1-2-4-19(18)30-23(20)24(26)29/h1-12,21,27H,13H2. The molecule has 0 saturated heterocycles. The summed E-state index contributed by atoms with van der Waals surface area (Å²) in [5.41, 5.74) is 2.07. The predicted molar refractivity (Wildman–Crippen MR) is 114 cm³/mol. The van der Waals surface area contributed by atoms with Gasteiger partial charge in [-0.25, -0.2) is 0 Å². The summed E-state index contributed by atoms with van der Waals surface area (Å²) in [7, 11) is 0. The van der Waals surface area contributed by atoms with Crippen molar-refractivity contribution in [1.82, 2.24) is 4.90 Å². The normalized spacial score (nSPS) is 15.6. The minimum absolute atomic E-state index is 0.0609. The van der Waals surface area contributed by atoms with E-state index in [9.17, 15) is 14.7 Å². The van der Waals surface area contributed by atoms with Crippen LogP contribution >= 0.6 is 11.6 Å². The fraction of sp³-hybridized carbons (Fsp3) is 0.0833. The first-order chi connectivity index (χ1) is 14.5. The molecule has 3 aromatic carbocycles. The number of amides is 1. The minimum Gasteiger partial charge on any atom is -0.508 e. The Morgan fingerprint density at radius 3 is 2.37 bits per heavy atom. The second-order valence-corrected chi connectivity index (χ2v) is 7.66. The molecule has 4 aromatic rings. The highest BCUT2D eigenvalue weighted by molar-refractivity contribution is 6.30. The van der Waals surface area contributed by atoms with E-state index in [0.29, 0.717) is 21.6 Å². The number of hydrogen-bond acceptors (Lipinski definition) is 4. The van der Waals surface area contributed by atoms with Crippen LogP contribution in [0.3, 0.4) is 0 Å². The van der Waals surface area contributed by atoms with Gasteiger partial charge >= 0.3 is 0 Å². The molecular formula is C24H16ClNO4. The van der Waals surface area contributed by atoms with Crippen molar-refractivity contribution in [2.24, 2.45) is 0 Å². The number of fused-ring (bicyclic) bond motifs is 2. The summed E-state index contributed by atoms with van der Waals surface area (Å²) in [6.07, 6.45) is 0. The van der Waals surface area contributed by atoms with Crippen LogP contribution in [0.1, 0.15) is 33.3 Å². The van der Waals surface area contributed by atoms with Gasteiger partial charge in [-0.15, -0.1) is 0 Å². The van der Waals surface area contributed by atoms with Crippen LogP contribution in [0.5, 0.6) is 5.75 Å². The fourth-order valence-corrected chi connectivity index (χ4v) is 4.05. The zero-order valence-corrected chi connectivity index (χ0v) is 16.5. The fourth-order valence-electron chi connectivity index (χ4n) is 3.92. The van der Waals surface area contributed by atoms with Gasteiger partial charge in [0.25, 0.3) is 5.91 Å². The summed E-state index contributed by atoms with van der Waals surface area (Å²) >= 11 is 5.99. The molecule has 5 rings (SSSR count). The first-order valence-corrected chi connectivity index (χ1v) is 9.81. The summed E-state index contributed by atoms with van der Waals surface area (Å²) in [5, 5.41) is 10.7. The Balaban J connectivity index is 1.71. The molecule has 1 aliphatic rings. The maximum Gasteiger partial charge on any atom is 0.291 e. The maximum atomic E-state index is 13.4. The third-order valence-electron chi connectivity index (χ3n) is 5.35. The third-order valence-corrected chi connectivity index (χ3v) is 5.60. The molecule has 0 aliphatic carbocycles. The lowest BCUT2D eigenvalue weighted by atomic mass is 9.98. The van der Waals surface area contributed by atoms with Gasteiger partial charge in [-0.3, -0.25) is 9.59 Å². The SMILES string of the molecule is O=C1c2oc3ccccc3c(=O)c2C(c2ccc(O)cc2)N1Cc1ccc(Cl)cc1. The van der Waals surface area contributed by atoms with Crippen molar-refractivity contribution in [2.75, 3.05) is 0 Å². The molecule has 148 valence electrons.